The topological polar surface area (TPSA) is 33.1 Å². The first kappa shape index (κ1) is 16.5. The van der Waals surface area contributed by atoms with E-state index in [-0.39, 0.29) is 5.41 Å². The van der Waals surface area contributed by atoms with Gasteiger partial charge >= 0.3 is 0 Å². The third-order valence-electron chi connectivity index (χ3n) is 4.09. The first-order valence-electron chi connectivity index (χ1n) is 7.14. The van der Waals surface area contributed by atoms with E-state index < -0.39 is 5.60 Å². The first-order valence-corrected chi connectivity index (χ1v) is 8.40. The summed E-state index contributed by atoms with van der Waals surface area (Å²) in [7, 11) is 0. The molecule has 1 heterocycles. The summed E-state index contributed by atoms with van der Waals surface area (Å²) in [5.74, 6) is 0. The highest BCUT2D eigenvalue weighted by Gasteiger charge is 2.39. The number of aromatic nitrogens is 1. The number of thiazole rings is 1. The minimum atomic E-state index is -0.751. The molecule has 0 radical (unpaired) electrons. The van der Waals surface area contributed by atoms with Gasteiger partial charge in [0.2, 0.25) is 0 Å². The van der Waals surface area contributed by atoms with Crippen LogP contribution in [0.4, 0.5) is 0 Å². The second kappa shape index (κ2) is 6.47. The summed E-state index contributed by atoms with van der Waals surface area (Å²) in [6, 6.07) is 7.85. The van der Waals surface area contributed by atoms with Crippen LogP contribution in [-0.4, -0.2) is 15.7 Å². The van der Waals surface area contributed by atoms with Gasteiger partial charge in [-0.2, -0.15) is 0 Å². The third-order valence-corrected chi connectivity index (χ3v) is 5.12. The molecular formula is C17H22ClNOS. The van der Waals surface area contributed by atoms with Crippen LogP contribution in [0.5, 0.6) is 0 Å². The van der Waals surface area contributed by atoms with E-state index in [1.54, 1.807) is 11.3 Å². The molecule has 1 aromatic carbocycles. The number of aryl methyl sites for hydroxylation is 1. The van der Waals surface area contributed by atoms with Crippen molar-refractivity contribution in [2.24, 2.45) is 5.41 Å². The van der Waals surface area contributed by atoms with E-state index in [1.165, 1.54) is 5.56 Å². The average molecular weight is 324 g/mol. The van der Waals surface area contributed by atoms with Crippen molar-refractivity contribution in [1.82, 2.24) is 4.98 Å². The fourth-order valence-electron chi connectivity index (χ4n) is 2.35. The van der Waals surface area contributed by atoms with Crippen molar-refractivity contribution in [2.75, 3.05) is 0 Å². The summed E-state index contributed by atoms with van der Waals surface area (Å²) < 4.78 is 0. The Morgan fingerprint density at radius 2 is 1.86 bits per heavy atom. The van der Waals surface area contributed by atoms with Crippen LogP contribution in [-0.2, 0) is 12.8 Å². The maximum atomic E-state index is 11.2. The molecule has 1 atom stereocenters. The van der Waals surface area contributed by atoms with Crippen LogP contribution >= 0.6 is 22.9 Å². The van der Waals surface area contributed by atoms with Crippen molar-refractivity contribution in [1.29, 1.82) is 0 Å². The van der Waals surface area contributed by atoms with Crippen molar-refractivity contribution < 1.29 is 5.11 Å². The predicted molar refractivity (Wildman–Crippen MR) is 90.0 cm³/mol. The summed E-state index contributed by atoms with van der Waals surface area (Å²) in [5.41, 5.74) is 2.08. The van der Waals surface area contributed by atoms with Gasteiger partial charge in [-0.05, 0) is 36.0 Å². The molecule has 2 nitrogen and oxygen atoms in total. The quantitative estimate of drug-likeness (QED) is 0.861. The number of benzene rings is 1. The zero-order valence-electron chi connectivity index (χ0n) is 12.8. The second-order valence-electron chi connectivity index (χ2n) is 6.55. The van der Waals surface area contributed by atoms with Crippen molar-refractivity contribution in [3.63, 3.8) is 0 Å². The molecule has 4 heteroatoms. The molecule has 1 N–H and O–H groups in total. The number of hydrogen-bond acceptors (Lipinski definition) is 3. The molecule has 0 amide bonds. The maximum Gasteiger partial charge on any atom is 0.0794 e. The highest BCUT2D eigenvalue weighted by molar-refractivity contribution is 7.09. The lowest BCUT2D eigenvalue weighted by atomic mass is 9.71. The molecule has 2 rings (SSSR count). The fraction of sp³-hybridized carbons (Fsp3) is 0.471. The van der Waals surface area contributed by atoms with Crippen LogP contribution < -0.4 is 0 Å². The molecule has 1 aromatic heterocycles. The van der Waals surface area contributed by atoms with Gasteiger partial charge in [0.05, 0.1) is 11.1 Å². The van der Waals surface area contributed by atoms with Gasteiger partial charge in [-0.1, -0.05) is 44.5 Å². The van der Waals surface area contributed by atoms with Crippen LogP contribution in [0, 0.1) is 5.41 Å². The Balaban J connectivity index is 2.11. The first-order chi connectivity index (χ1) is 9.80. The van der Waals surface area contributed by atoms with Crippen molar-refractivity contribution in [3.05, 3.63) is 51.4 Å². The summed E-state index contributed by atoms with van der Waals surface area (Å²) in [5, 5.41) is 11.9. The van der Waals surface area contributed by atoms with Gasteiger partial charge in [-0.25, -0.2) is 0 Å². The van der Waals surface area contributed by atoms with E-state index in [0.29, 0.717) is 6.42 Å². The third kappa shape index (κ3) is 4.29. The summed E-state index contributed by atoms with van der Waals surface area (Å²) in [6.45, 7) is 6.28. The van der Waals surface area contributed by atoms with Crippen molar-refractivity contribution >= 4 is 22.9 Å². The summed E-state index contributed by atoms with van der Waals surface area (Å²) in [4.78, 5) is 5.24. The molecule has 0 bridgehead atoms. The van der Waals surface area contributed by atoms with E-state index in [4.69, 9.17) is 11.6 Å². The molecule has 21 heavy (non-hydrogen) atoms. The highest BCUT2D eigenvalue weighted by Crippen LogP contribution is 2.37. The van der Waals surface area contributed by atoms with Gasteiger partial charge in [-0.3, -0.25) is 4.98 Å². The maximum absolute atomic E-state index is 11.2. The standard InChI is InChI=1S/C17H22ClNOS/c1-16(2,3)17(20,10-15-11-19-12-21-15)9-8-13-4-6-14(18)7-5-13/h4-7,11-12,20H,8-10H2,1-3H3. The SMILES string of the molecule is CC(C)(C)C(O)(CCc1ccc(Cl)cc1)Cc1cncs1. The molecule has 0 saturated heterocycles. The van der Waals surface area contributed by atoms with Crippen LogP contribution in [0.25, 0.3) is 0 Å². The van der Waals surface area contributed by atoms with E-state index >= 15 is 0 Å². The zero-order valence-corrected chi connectivity index (χ0v) is 14.3. The van der Waals surface area contributed by atoms with Gasteiger partial charge < -0.3 is 5.11 Å². The van der Waals surface area contributed by atoms with Crippen LogP contribution in [0.1, 0.15) is 37.6 Å². The lowest BCUT2D eigenvalue weighted by Crippen LogP contribution is -2.45. The summed E-state index contributed by atoms with van der Waals surface area (Å²) >= 11 is 7.52. The molecule has 0 spiro atoms. The van der Waals surface area contributed by atoms with Crippen LogP contribution in [0.15, 0.2) is 36.0 Å². The number of halogens is 1. The number of nitrogens with zero attached hydrogens (tertiary/aromatic N) is 1. The van der Waals surface area contributed by atoms with Gasteiger partial charge in [-0.15, -0.1) is 11.3 Å². The Bertz CT molecular complexity index is 559. The Kier molecular flexibility index (Phi) is 5.07. The predicted octanol–water partition coefficient (Wildman–Crippen LogP) is 4.75. The average Bonchev–Trinajstić information content (AvgIpc) is 2.89. The highest BCUT2D eigenvalue weighted by atomic mass is 35.5. The lowest BCUT2D eigenvalue weighted by molar-refractivity contribution is -0.0632. The Labute approximate surface area is 135 Å². The van der Waals surface area contributed by atoms with Gasteiger partial charge in [0.15, 0.2) is 0 Å². The molecule has 0 aliphatic rings. The lowest BCUT2D eigenvalue weighted by Gasteiger charge is -2.40. The minimum Gasteiger partial charge on any atom is -0.389 e. The zero-order chi connectivity index (χ0) is 15.5. The second-order valence-corrected chi connectivity index (χ2v) is 7.96. The van der Waals surface area contributed by atoms with Gasteiger partial charge in [0.1, 0.15) is 0 Å². The van der Waals surface area contributed by atoms with Crippen molar-refractivity contribution in [2.45, 2.75) is 45.6 Å². The largest absolute Gasteiger partial charge is 0.389 e. The Hall–Kier alpha value is -0.900. The van der Waals surface area contributed by atoms with Crippen LogP contribution in [0.3, 0.4) is 0 Å². The molecule has 0 aliphatic carbocycles. The number of hydrogen-bond donors (Lipinski definition) is 1. The monoisotopic (exact) mass is 323 g/mol. The normalized spacial score (nSPS) is 14.9. The molecule has 1 unspecified atom stereocenters. The van der Waals surface area contributed by atoms with Gasteiger partial charge in [0.25, 0.3) is 0 Å². The Morgan fingerprint density at radius 1 is 1.19 bits per heavy atom. The number of aliphatic hydroxyl groups is 1. The van der Waals surface area contributed by atoms with Gasteiger partial charge in [0, 0.05) is 22.5 Å². The molecule has 2 aromatic rings. The fourth-order valence-corrected chi connectivity index (χ4v) is 3.18. The molecule has 0 aliphatic heterocycles. The summed E-state index contributed by atoms with van der Waals surface area (Å²) in [6.07, 6.45) is 4.05. The molecule has 0 fully saturated rings. The van der Waals surface area contributed by atoms with E-state index in [1.807, 2.05) is 36.0 Å². The molecule has 114 valence electrons. The van der Waals surface area contributed by atoms with Crippen molar-refractivity contribution in [3.8, 4) is 0 Å². The minimum absolute atomic E-state index is 0.191. The van der Waals surface area contributed by atoms with E-state index in [2.05, 4.69) is 25.8 Å². The van der Waals surface area contributed by atoms with E-state index in [9.17, 15) is 5.11 Å². The molecule has 0 saturated carbocycles. The van der Waals surface area contributed by atoms with Crippen LogP contribution in [0.2, 0.25) is 5.02 Å². The van der Waals surface area contributed by atoms with E-state index in [0.717, 1.165) is 22.7 Å². The number of rotatable bonds is 5. The molecular weight excluding hydrogens is 302 g/mol. The Morgan fingerprint density at radius 3 is 2.38 bits per heavy atom. The smallest absolute Gasteiger partial charge is 0.0794 e.